The molecule has 1 aliphatic rings. The quantitative estimate of drug-likeness (QED) is 0.761. The summed E-state index contributed by atoms with van der Waals surface area (Å²) in [5.74, 6) is -1.01. The summed E-state index contributed by atoms with van der Waals surface area (Å²) < 4.78 is 0. The van der Waals surface area contributed by atoms with E-state index in [2.05, 4.69) is 5.32 Å². The minimum absolute atomic E-state index is 0.0465. The first-order valence-corrected chi connectivity index (χ1v) is 6.56. The van der Waals surface area contributed by atoms with E-state index < -0.39 is 18.0 Å². The third-order valence-electron chi connectivity index (χ3n) is 3.48. The molecule has 108 valence electrons. The van der Waals surface area contributed by atoms with Crippen LogP contribution in [-0.2, 0) is 4.79 Å². The van der Waals surface area contributed by atoms with Gasteiger partial charge in [-0.3, -0.25) is 0 Å². The highest BCUT2D eigenvalue weighted by Crippen LogP contribution is 2.18. The summed E-state index contributed by atoms with van der Waals surface area (Å²) in [5, 5.41) is 20.8. The van der Waals surface area contributed by atoms with Gasteiger partial charge in [0.2, 0.25) is 0 Å². The van der Waals surface area contributed by atoms with Crippen LogP contribution in [0, 0.1) is 5.92 Å². The zero-order valence-electron chi connectivity index (χ0n) is 11.0. The number of carbonyl (C=O) groups excluding carboxylic acids is 1. The maximum Gasteiger partial charge on any atom is 0.330 e. The van der Waals surface area contributed by atoms with Gasteiger partial charge in [-0.15, -0.1) is 0 Å². The smallest absolute Gasteiger partial charge is 0.330 e. The van der Waals surface area contributed by atoms with Gasteiger partial charge in [-0.25, -0.2) is 9.59 Å². The predicted octanol–water partition coefficient (Wildman–Crippen LogP) is 0.836. The Morgan fingerprint density at radius 1 is 1.35 bits per heavy atom. The maximum absolute atomic E-state index is 12.1. The molecular weight excluding hydrogens is 260 g/mol. The van der Waals surface area contributed by atoms with Crippen molar-refractivity contribution in [3.8, 4) is 0 Å². The number of amides is 2. The number of likely N-dealkylation sites (tertiary alicyclic amines) is 1. The molecule has 2 atom stereocenters. The highest BCUT2D eigenvalue weighted by Gasteiger charge is 2.29. The van der Waals surface area contributed by atoms with Crippen LogP contribution < -0.4 is 5.32 Å². The molecule has 6 nitrogen and oxygen atoms in total. The van der Waals surface area contributed by atoms with E-state index >= 15 is 0 Å². The zero-order chi connectivity index (χ0) is 14.5. The monoisotopic (exact) mass is 278 g/mol. The zero-order valence-corrected chi connectivity index (χ0v) is 11.0. The van der Waals surface area contributed by atoms with Crippen molar-refractivity contribution >= 4 is 12.0 Å². The molecule has 2 amide bonds. The Hall–Kier alpha value is -2.08. The second-order valence-electron chi connectivity index (χ2n) is 4.91. The van der Waals surface area contributed by atoms with Crippen molar-refractivity contribution in [3.63, 3.8) is 0 Å². The topological polar surface area (TPSA) is 89.9 Å². The summed E-state index contributed by atoms with van der Waals surface area (Å²) in [6, 6.07) is 7.12. The molecule has 1 unspecified atom stereocenters. The van der Waals surface area contributed by atoms with Crippen LogP contribution in [-0.4, -0.2) is 46.8 Å². The van der Waals surface area contributed by atoms with Crippen LogP contribution in [0.1, 0.15) is 18.0 Å². The van der Waals surface area contributed by atoms with E-state index in [0.29, 0.717) is 18.7 Å². The minimum Gasteiger partial charge on any atom is -0.479 e. The third kappa shape index (κ3) is 3.27. The lowest BCUT2D eigenvalue weighted by Gasteiger charge is -2.21. The lowest BCUT2D eigenvalue weighted by Crippen LogP contribution is -2.42. The number of aliphatic carboxylic acids is 1. The number of nitrogens with one attached hydrogen (secondary N) is 1. The Bertz CT molecular complexity index is 477. The highest BCUT2D eigenvalue weighted by molar-refractivity contribution is 5.83. The second-order valence-corrected chi connectivity index (χ2v) is 4.91. The Labute approximate surface area is 117 Å². The molecule has 3 N–H and O–H groups in total. The van der Waals surface area contributed by atoms with E-state index in [1.54, 1.807) is 35.2 Å². The Kier molecular flexibility index (Phi) is 4.57. The average Bonchev–Trinajstić information content (AvgIpc) is 2.94. The van der Waals surface area contributed by atoms with Gasteiger partial charge in [0.05, 0.1) is 0 Å². The van der Waals surface area contributed by atoms with E-state index in [1.807, 2.05) is 0 Å². The molecule has 0 bridgehead atoms. The van der Waals surface area contributed by atoms with Gasteiger partial charge >= 0.3 is 12.0 Å². The fraction of sp³-hybridized carbons (Fsp3) is 0.429. The van der Waals surface area contributed by atoms with Gasteiger partial charge in [0.15, 0.2) is 6.04 Å². The first kappa shape index (κ1) is 14.3. The highest BCUT2D eigenvalue weighted by atomic mass is 16.4. The number of carboxylic acid groups (broad SMARTS) is 1. The van der Waals surface area contributed by atoms with Crippen molar-refractivity contribution in [2.75, 3.05) is 19.7 Å². The van der Waals surface area contributed by atoms with Crippen LogP contribution in [0.4, 0.5) is 4.79 Å². The van der Waals surface area contributed by atoms with Crippen molar-refractivity contribution in [1.82, 2.24) is 10.2 Å². The van der Waals surface area contributed by atoms with Gasteiger partial charge in [-0.1, -0.05) is 30.3 Å². The Morgan fingerprint density at radius 3 is 2.60 bits per heavy atom. The molecule has 0 spiro atoms. The van der Waals surface area contributed by atoms with E-state index in [-0.39, 0.29) is 12.5 Å². The molecule has 1 heterocycles. The normalized spacial score (nSPS) is 19.6. The number of carbonyl (C=O) groups is 2. The van der Waals surface area contributed by atoms with E-state index in [1.165, 1.54) is 0 Å². The summed E-state index contributed by atoms with van der Waals surface area (Å²) in [4.78, 5) is 24.9. The van der Waals surface area contributed by atoms with Gasteiger partial charge in [-0.2, -0.15) is 0 Å². The van der Waals surface area contributed by atoms with Gasteiger partial charge in [0, 0.05) is 25.6 Å². The van der Waals surface area contributed by atoms with Crippen molar-refractivity contribution < 1.29 is 19.8 Å². The first-order valence-electron chi connectivity index (χ1n) is 6.56. The van der Waals surface area contributed by atoms with Crippen LogP contribution >= 0.6 is 0 Å². The van der Waals surface area contributed by atoms with Gasteiger partial charge in [0.1, 0.15) is 0 Å². The molecule has 6 heteroatoms. The molecule has 1 aliphatic heterocycles. The SMILES string of the molecule is O=C(O)[C@@H](NC(=O)N1CCC(CO)C1)c1ccccc1. The van der Waals surface area contributed by atoms with E-state index in [4.69, 9.17) is 5.11 Å². The number of benzene rings is 1. The van der Waals surface area contributed by atoms with Crippen molar-refractivity contribution in [2.24, 2.45) is 5.92 Å². The summed E-state index contributed by atoms with van der Waals surface area (Å²) >= 11 is 0. The molecule has 1 fully saturated rings. The molecule has 2 rings (SSSR count). The minimum atomic E-state index is -1.09. The van der Waals surface area contributed by atoms with Crippen LogP contribution in [0.15, 0.2) is 30.3 Å². The van der Waals surface area contributed by atoms with E-state index in [9.17, 15) is 14.7 Å². The number of rotatable bonds is 4. The standard InChI is InChI=1S/C14H18N2O4/c17-9-10-6-7-16(8-10)14(20)15-12(13(18)19)11-4-2-1-3-5-11/h1-5,10,12,17H,6-9H2,(H,15,20)(H,18,19)/t10?,12-/m0/s1. The molecular formula is C14H18N2O4. The number of hydrogen-bond acceptors (Lipinski definition) is 3. The average molecular weight is 278 g/mol. The van der Waals surface area contributed by atoms with Crippen LogP contribution in [0.5, 0.6) is 0 Å². The number of aliphatic hydroxyl groups excluding tert-OH is 1. The van der Waals surface area contributed by atoms with Crippen LogP contribution in [0.25, 0.3) is 0 Å². The summed E-state index contributed by atoms with van der Waals surface area (Å²) in [6.45, 7) is 1.05. The number of nitrogens with zero attached hydrogens (tertiary/aromatic N) is 1. The number of aliphatic hydroxyl groups is 1. The van der Waals surface area contributed by atoms with Crippen molar-refractivity contribution in [2.45, 2.75) is 12.5 Å². The number of urea groups is 1. The lowest BCUT2D eigenvalue weighted by atomic mass is 10.1. The van der Waals surface area contributed by atoms with Crippen molar-refractivity contribution in [3.05, 3.63) is 35.9 Å². The summed E-state index contributed by atoms with van der Waals surface area (Å²) in [5.41, 5.74) is 0.534. The molecule has 1 aromatic rings. The molecule has 0 aliphatic carbocycles. The van der Waals surface area contributed by atoms with Crippen LogP contribution in [0.2, 0.25) is 0 Å². The summed E-state index contributed by atoms with van der Waals surface area (Å²) in [6.07, 6.45) is 0.743. The second kappa shape index (κ2) is 6.38. The maximum atomic E-state index is 12.1. The van der Waals surface area contributed by atoms with Gasteiger partial charge in [0.25, 0.3) is 0 Å². The Morgan fingerprint density at radius 2 is 2.05 bits per heavy atom. The largest absolute Gasteiger partial charge is 0.479 e. The van der Waals surface area contributed by atoms with Crippen LogP contribution in [0.3, 0.4) is 0 Å². The fourth-order valence-electron chi connectivity index (χ4n) is 2.31. The first-order chi connectivity index (χ1) is 9.61. The molecule has 1 saturated heterocycles. The third-order valence-corrected chi connectivity index (χ3v) is 3.48. The van der Waals surface area contributed by atoms with E-state index in [0.717, 1.165) is 6.42 Å². The van der Waals surface area contributed by atoms with Gasteiger partial charge < -0.3 is 20.4 Å². The molecule has 0 aromatic heterocycles. The van der Waals surface area contributed by atoms with Gasteiger partial charge in [-0.05, 0) is 12.0 Å². The van der Waals surface area contributed by atoms with Crippen molar-refractivity contribution in [1.29, 1.82) is 0 Å². The Balaban J connectivity index is 2.02. The number of carboxylic acids is 1. The fourth-order valence-corrected chi connectivity index (χ4v) is 2.31. The molecule has 0 radical (unpaired) electrons. The molecule has 0 saturated carbocycles. The predicted molar refractivity (Wildman–Crippen MR) is 72.1 cm³/mol. The summed E-state index contributed by atoms with van der Waals surface area (Å²) in [7, 11) is 0. The number of hydrogen-bond donors (Lipinski definition) is 3. The lowest BCUT2D eigenvalue weighted by molar-refractivity contribution is -0.139. The molecule has 20 heavy (non-hydrogen) atoms. The molecule has 1 aromatic carbocycles.